The molecule has 0 saturated heterocycles. The maximum absolute atomic E-state index is 13.2. The number of nitrogens with two attached hydrogens (primary N) is 1. The highest BCUT2D eigenvalue weighted by molar-refractivity contribution is 7.90. The van der Waals surface area contributed by atoms with Crippen molar-refractivity contribution in [3.05, 3.63) is 96.2 Å². The van der Waals surface area contributed by atoms with E-state index in [-0.39, 0.29) is 4.90 Å². The fourth-order valence-electron chi connectivity index (χ4n) is 3.34. The number of nitrogens with zero attached hydrogens (tertiary/aromatic N) is 1. The van der Waals surface area contributed by atoms with E-state index in [1.165, 1.54) is 3.97 Å². The summed E-state index contributed by atoms with van der Waals surface area (Å²) in [6, 6.07) is 23.8. The second kappa shape index (κ2) is 8.11. The van der Waals surface area contributed by atoms with Crippen molar-refractivity contribution < 1.29 is 13.2 Å². The Balaban J connectivity index is 1.74. The Morgan fingerprint density at radius 2 is 1.59 bits per heavy atom. The largest absolute Gasteiger partial charge is 0.489 e. The van der Waals surface area contributed by atoms with Crippen molar-refractivity contribution in [2.24, 2.45) is 5.73 Å². The van der Waals surface area contributed by atoms with Crippen LogP contribution in [-0.4, -0.2) is 18.9 Å². The average molecular weight is 407 g/mol. The predicted molar refractivity (Wildman–Crippen MR) is 114 cm³/mol. The molecule has 1 heterocycles. The van der Waals surface area contributed by atoms with Gasteiger partial charge in [-0.1, -0.05) is 48.5 Å². The van der Waals surface area contributed by atoms with Crippen LogP contribution in [0.25, 0.3) is 10.9 Å². The van der Waals surface area contributed by atoms with E-state index in [4.69, 9.17) is 10.5 Å². The highest BCUT2D eigenvalue weighted by Crippen LogP contribution is 2.30. The molecule has 4 aromatic rings. The van der Waals surface area contributed by atoms with Crippen molar-refractivity contribution >= 4 is 20.9 Å². The van der Waals surface area contributed by atoms with E-state index in [2.05, 4.69) is 0 Å². The number of benzene rings is 3. The number of hydrogen-bond acceptors (Lipinski definition) is 4. The topological polar surface area (TPSA) is 74.3 Å². The van der Waals surface area contributed by atoms with Crippen molar-refractivity contribution in [1.29, 1.82) is 0 Å². The molecule has 29 heavy (non-hydrogen) atoms. The SMILES string of the molecule is NCCc1cn(S(=O)(=O)c2ccccc2)c2ccc(OCc3ccccc3)cc12. The van der Waals surface area contributed by atoms with Crippen LogP contribution in [0.1, 0.15) is 11.1 Å². The van der Waals surface area contributed by atoms with Crippen LogP contribution < -0.4 is 10.5 Å². The molecule has 148 valence electrons. The van der Waals surface area contributed by atoms with Gasteiger partial charge in [0.05, 0.1) is 10.4 Å². The summed E-state index contributed by atoms with van der Waals surface area (Å²) in [5, 5.41) is 0.834. The number of aromatic nitrogens is 1. The molecule has 6 heteroatoms. The first kappa shape index (κ1) is 19.2. The van der Waals surface area contributed by atoms with Crippen molar-refractivity contribution in [2.45, 2.75) is 17.9 Å². The van der Waals surface area contributed by atoms with Crippen LogP contribution in [0.5, 0.6) is 5.75 Å². The molecule has 0 aliphatic rings. The van der Waals surface area contributed by atoms with Crippen molar-refractivity contribution in [3.8, 4) is 5.75 Å². The Morgan fingerprint density at radius 1 is 0.897 bits per heavy atom. The number of ether oxygens (including phenoxy) is 1. The highest BCUT2D eigenvalue weighted by atomic mass is 32.2. The summed E-state index contributed by atoms with van der Waals surface area (Å²) in [7, 11) is -3.70. The summed E-state index contributed by atoms with van der Waals surface area (Å²) < 4.78 is 33.6. The van der Waals surface area contributed by atoms with Crippen LogP contribution in [0.2, 0.25) is 0 Å². The zero-order valence-electron chi connectivity index (χ0n) is 15.9. The minimum Gasteiger partial charge on any atom is -0.489 e. The third-order valence-corrected chi connectivity index (χ3v) is 6.47. The van der Waals surface area contributed by atoms with Crippen LogP contribution in [0.4, 0.5) is 0 Å². The van der Waals surface area contributed by atoms with Gasteiger partial charge in [-0.3, -0.25) is 0 Å². The third kappa shape index (κ3) is 3.90. The molecule has 0 saturated carbocycles. The van der Waals surface area contributed by atoms with E-state index < -0.39 is 10.0 Å². The summed E-state index contributed by atoms with van der Waals surface area (Å²) in [6.07, 6.45) is 2.25. The zero-order chi connectivity index (χ0) is 20.3. The van der Waals surface area contributed by atoms with Crippen molar-refractivity contribution in [1.82, 2.24) is 3.97 Å². The highest BCUT2D eigenvalue weighted by Gasteiger charge is 2.21. The summed E-state index contributed by atoms with van der Waals surface area (Å²) in [4.78, 5) is 0.251. The lowest BCUT2D eigenvalue weighted by Gasteiger charge is -2.09. The van der Waals surface area contributed by atoms with Crippen molar-refractivity contribution in [3.63, 3.8) is 0 Å². The smallest absolute Gasteiger partial charge is 0.268 e. The van der Waals surface area contributed by atoms with Gasteiger partial charge in [0, 0.05) is 11.6 Å². The molecule has 2 N–H and O–H groups in total. The minimum atomic E-state index is -3.70. The Hall–Kier alpha value is -3.09. The summed E-state index contributed by atoms with van der Waals surface area (Å²) >= 11 is 0. The monoisotopic (exact) mass is 406 g/mol. The van der Waals surface area contributed by atoms with Gasteiger partial charge in [0.1, 0.15) is 12.4 Å². The molecule has 1 aromatic heterocycles. The lowest BCUT2D eigenvalue weighted by molar-refractivity contribution is 0.306. The first-order chi connectivity index (χ1) is 14.1. The summed E-state index contributed by atoms with van der Waals surface area (Å²) in [5.74, 6) is 0.689. The molecule has 0 bridgehead atoms. The average Bonchev–Trinajstić information content (AvgIpc) is 3.12. The molecule has 4 rings (SSSR count). The quantitative estimate of drug-likeness (QED) is 0.504. The van der Waals surface area contributed by atoms with E-state index in [1.54, 1.807) is 48.7 Å². The van der Waals surface area contributed by atoms with Crippen LogP contribution in [0.15, 0.2) is 90.0 Å². The molecular formula is C23H22N2O3S. The normalized spacial score (nSPS) is 11.6. The van der Waals surface area contributed by atoms with Gasteiger partial charge in [-0.2, -0.15) is 0 Å². The van der Waals surface area contributed by atoms with E-state index >= 15 is 0 Å². The van der Waals surface area contributed by atoms with Crippen LogP contribution in [0, 0.1) is 0 Å². The van der Waals surface area contributed by atoms with Crippen LogP contribution in [-0.2, 0) is 23.1 Å². The van der Waals surface area contributed by atoms with Gasteiger partial charge in [-0.05, 0) is 54.4 Å². The molecule has 0 aliphatic carbocycles. The molecule has 0 unspecified atom stereocenters. The first-order valence-electron chi connectivity index (χ1n) is 9.41. The zero-order valence-corrected chi connectivity index (χ0v) is 16.7. The maximum atomic E-state index is 13.2. The lowest BCUT2D eigenvalue weighted by atomic mass is 10.1. The molecular weight excluding hydrogens is 384 g/mol. The van der Waals surface area contributed by atoms with E-state index in [0.29, 0.717) is 30.8 Å². The lowest BCUT2D eigenvalue weighted by Crippen LogP contribution is -2.11. The summed E-state index contributed by atoms with van der Waals surface area (Å²) in [5.41, 5.74) is 8.33. The van der Waals surface area contributed by atoms with Gasteiger partial charge in [0.15, 0.2) is 0 Å². The fourth-order valence-corrected chi connectivity index (χ4v) is 4.75. The van der Waals surface area contributed by atoms with E-state index in [0.717, 1.165) is 16.5 Å². The molecule has 0 spiro atoms. The molecule has 3 aromatic carbocycles. The Kier molecular flexibility index (Phi) is 5.38. The predicted octanol–water partition coefficient (Wildman–Crippen LogP) is 3.96. The molecule has 0 radical (unpaired) electrons. The Morgan fingerprint density at radius 3 is 2.28 bits per heavy atom. The van der Waals surface area contributed by atoms with Gasteiger partial charge in [0.25, 0.3) is 10.0 Å². The molecule has 0 aliphatic heterocycles. The minimum absolute atomic E-state index is 0.251. The standard InChI is InChI=1S/C23H22N2O3S/c24-14-13-19-16-25(29(26,27)21-9-5-2-6-10-21)23-12-11-20(15-22(19)23)28-17-18-7-3-1-4-8-18/h1-12,15-16H,13-14,17,24H2. The molecule has 0 fully saturated rings. The molecule has 5 nitrogen and oxygen atoms in total. The first-order valence-corrected chi connectivity index (χ1v) is 10.8. The molecule has 0 atom stereocenters. The number of fused-ring (bicyclic) bond motifs is 1. The maximum Gasteiger partial charge on any atom is 0.268 e. The molecule has 0 amide bonds. The summed E-state index contributed by atoms with van der Waals surface area (Å²) in [6.45, 7) is 0.876. The van der Waals surface area contributed by atoms with Crippen molar-refractivity contribution in [2.75, 3.05) is 6.54 Å². The van der Waals surface area contributed by atoms with Crippen LogP contribution >= 0.6 is 0 Å². The second-order valence-electron chi connectivity index (χ2n) is 6.76. The van der Waals surface area contributed by atoms with Crippen LogP contribution in [0.3, 0.4) is 0 Å². The number of hydrogen-bond donors (Lipinski definition) is 1. The second-order valence-corrected chi connectivity index (χ2v) is 8.58. The van der Waals surface area contributed by atoms with Gasteiger partial charge < -0.3 is 10.5 Å². The fraction of sp³-hybridized carbons (Fsp3) is 0.130. The van der Waals surface area contributed by atoms with E-state index in [9.17, 15) is 8.42 Å². The van der Waals surface area contributed by atoms with E-state index in [1.807, 2.05) is 36.4 Å². The number of rotatable bonds is 7. The third-order valence-electron chi connectivity index (χ3n) is 4.79. The van der Waals surface area contributed by atoms with Gasteiger partial charge in [-0.25, -0.2) is 12.4 Å². The Bertz CT molecular complexity index is 1220. The van der Waals surface area contributed by atoms with Gasteiger partial charge in [0.2, 0.25) is 0 Å². The van der Waals surface area contributed by atoms with Gasteiger partial charge in [-0.15, -0.1) is 0 Å². The van der Waals surface area contributed by atoms with Gasteiger partial charge >= 0.3 is 0 Å². The Labute approximate surface area is 170 Å².